The smallest absolute Gasteiger partial charge is 0.344 e. The van der Waals surface area contributed by atoms with E-state index in [1.165, 1.54) is 7.11 Å². The van der Waals surface area contributed by atoms with Crippen molar-refractivity contribution in [3.8, 4) is 11.5 Å². The van der Waals surface area contributed by atoms with Crippen LogP contribution in [-0.4, -0.2) is 32.5 Å². The number of anilines is 1. The summed E-state index contributed by atoms with van der Waals surface area (Å²) in [4.78, 5) is 11.5. The highest BCUT2D eigenvalue weighted by Crippen LogP contribution is 2.30. The Hall–Kier alpha value is -3.02. The van der Waals surface area contributed by atoms with Crippen LogP contribution in [0.2, 0.25) is 0 Å². The van der Waals surface area contributed by atoms with Crippen LogP contribution in [0.1, 0.15) is 12.5 Å². The molecule has 0 radical (unpaired) electrons. The molecule has 0 atom stereocenters. The van der Waals surface area contributed by atoms with Gasteiger partial charge in [-0.2, -0.15) is 5.10 Å². The van der Waals surface area contributed by atoms with E-state index in [-0.39, 0.29) is 6.61 Å². The molecule has 0 amide bonds. The van der Waals surface area contributed by atoms with E-state index < -0.39 is 5.97 Å². The van der Waals surface area contributed by atoms with E-state index in [9.17, 15) is 4.79 Å². The second-order valence-corrected chi connectivity index (χ2v) is 4.71. The summed E-state index contributed by atoms with van der Waals surface area (Å²) in [6, 6.07) is 15.0. The normalized spacial score (nSPS) is 10.4. The highest BCUT2D eigenvalue weighted by atomic mass is 16.6. The molecule has 0 saturated carbocycles. The zero-order chi connectivity index (χ0) is 17.2. The molecule has 126 valence electrons. The number of methoxy groups -OCH3 is 1. The summed E-state index contributed by atoms with van der Waals surface area (Å²) >= 11 is 0. The summed E-state index contributed by atoms with van der Waals surface area (Å²) in [5.41, 5.74) is 4.47. The van der Waals surface area contributed by atoms with Crippen molar-refractivity contribution < 1.29 is 19.0 Å². The lowest BCUT2D eigenvalue weighted by atomic mass is 10.2. The molecule has 0 saturated heterocycles. The molecule has 0 spiro atoms. The number of carbonyl (C=O) groups is 1. The molecule has 1 N–H and O–H groups in total. The Morgan fingerprint density at radius 3 is 2.67 bits per heavy atom. The third kappa shape index (κ3) is 5.01. The van der Waals surface area contributed by atoms with Gasteiger partial charge in [0.25, 0.3) is 0 Å². The quantitative estimate of drug-likeness (QED) is 0.458. The summed E-state index contributed by atoms with van der Waals surface area (Å²) in [5, 5.41) is 4.18. The van der Waals surface area contributed by atoms with Gasteiger partial charge in [-0.1, -0.05) is 24.3 Å². The first-order valence-electron chi connectivity index (χ1n) is 7.54. The largest absolute Gasteiger partial charge is 0.493 e. The number of nitrogens with zero attached hydrogens (tertiary/aromatic N) is 1. The molecule has 0 heterocycles. The molecule has 0 aliphatic rings. The van der Waals surface area contributed by atoms with E-state index in [4.69, 9.17) is 14.2 Å². The molecule has 2 aromatic carbocycles. The minimum Gasteiger partial charge on any atom is -0.493 e. The molecule has 0 aromatic heterocycles. The first-order chi connectivity index (χ1) is 11.7. The van der Waals surface area contributed by atoms with Crippen molar-refractivity contribution in [2.75, 3.05) is 25.7 Å². The molecule has 0 aliphatic carbocycles. The molecule has 6 nitrogen and oxygen atoms in total. The predicted octanol–water partition coefficient (Wildman–Crippen LogP) is 3.08. The van der Waals surface area contributed by atoms with E-state index in [2.05, 4.69) is 10.5 Å². The standard InChI is InChI=1S/C18H20N2O4/c1-3-23-17(21)13-24-18-14(8-7-11-16(18)22-2)12-19-20-15-9-5-4-6-10-15/h4-12,20H,3,13H2,1-2H3. The van der Waals surface area contributed by atoms with Crippen molar-refractivity contribution >= 4 is 17.9 Å². The average Bonchev–Trinajstić information content (AvgIpc) is 2.61. The molecule has 2 rings (SSSR count). The van der Waals surface area contributed by atoms with Crippen LogP contribution < -0.4 is 14.9 Å². The maximum Gasteiger partial charge on any atom is 0.344 e. The molecule has 2 aromatic rings. The number of rotatable bonds is 8. The van der Waals surface area contributed by atoms with Crippen LogP contribution in [0.4, 0.5) is 5.69 Å². The second-order valence-electron chi connectivity index (χ2n) is 4.71. The monoisotopic (exact) mass is 328 g/mol. The number of benzene rings is 2. The van der Waals surface area contributed by atoms with Crippen molar-refractivity contribution in [2.24, 2.45) is 5.10 Å². The molecule has 6 heteroatoms. The average molecular weight is 328 g/mol. The molecule has 24 heavy (non-hydrogen) atoms. The maximum atomic E-state index is 11.5. The Balaban J connectivity index is 2.11. The number of ether oxygens (including phenoxy) is 3. The minimum atomic E-state index is -0.436. The lowest BCUT2D eigenvalue weighted by Crippen LogP contribution is -2.15. The fourth-order valence-corrected chi connectivity index (χ4v) is 1.97. The van der Waals surface area contributed by atoms with Crippen LogP contribution in [0.3, 0.4) is 0 Å². The summed E-state index contributed by atoms with van der Waals surface area (Å²) in [6.45, 7) is 1.86. The van der Waals surface area contributed by atoms with Gasteiger partial charge in [0.1, 0.15) is 0 Å². The van der Waals surface area contributed by atoms with Crippen LogP contribution in [-0.2, 0) is 9.53 Å². The number of esters is 1. The third-order valence-corrected chi connectivity index (χ3v) is 3.04. The van der Waals surface area contributed by atoms with E-state index in [0.29, 0.717) is 23.7 Å². The zero-order valence-corrected chi connectivity index (χ0v) is 13.7. The fourth-order valence-electron chi connectivity index (χ4n) is 1.97. The van der Waals surface area contributed by atoms with Gasteiger partial charge in [-0.05, 0) is 31.2 Å². The minimum absolute atomic E-state index is 0.193. The van der Waals surface area contributed by atoms with Gasteiger partial charge in [-0.3, -0.25) is 5.43 Å². The highest BCUT2D eigenvalue weighted by molar-refractivity contribution is 5.86. The van der Waals surface area contributed by atoms with Gasteiger partial charge in [-0.15, -0.1) is 0 Å². The molecule has 0 fully saturated rings. The molecule has 0 aliphatic heterocycles. The first kappa shape index (κ1) is 17.3. The molecular formula is C18H20N2O4. The van der Waals surface area contributed by atoms with Crippen molar-refractivity contribution in [2.45, 2.75) is 6.92 Å². The van der Waals surface area contributed by atoms with E-state index in [1.54, 1.807) is 19.2 Å². The Morgan fingerprint density at radius 2 is 1.96 bits per heavy atom. The van der Waals surface area contributed by atoms with Crippen LogP contribution >= 0.6 is 0 Å². The number of para-hydroxylation sites is 2. The van der Waals surface area contributed by atoms with Gasteiger partial charge in [-0.25, -0.2) is 4.79 Å². The van der Waals surface area contributed by atoms with E-state index in [1.807, 2.05) is 42.5 Å². The number of nitrogens with one attached hydrogen (secondary N) is 1. The van der Waals surface area contributed by atoms with E-state index >= 15 is 0 Å². The van der Waals surface area contributed by atoms with Gasteiger partial charge >= 0.3 is 5.97 Å². The SMILES string of the molecule is CCOC(=O)COc1c(C=NNc2ccccc2)cccc1OC. The van der Waals surface area contributed by atoms with Gasteiger partial charge in [0, 0.05) is 5.56 Å². The number of carbonyl (C=O) groups excluding carboxylic acids is 1. The number of hydrogen-bond donors (Lipinski definition) is 1. The topological polar surface area (TPSA) is 69.2 Å². The van der Waals surface area contributed by atoms with Gasteiger partial charge in [0.2, 0.25) is 0 Å². The van der Waals surface area contributed by atoms with Crippen LogP contribution in [0, 0.1) is 0 Å². The summed E-state index contributed by atoms with van der Waals surface area (Å²) < 4.78 is 15.7. The summed E-state index contributed by atoms with van der Waals surface area (Å²) in [7, 11) is 1.54. The third-order valence-electron chi connectivity index (χ3n) is 3.04. The molecule has 0 bridgehead atoms. The van der Waals surface area contributed by atoms with Crippen LogP contribution in [0.15, 0.2) is 53.6 Å². The fraction of sp³-hybridized carbons (Fsp3) is 0.222. The van der Waals surface area contributed by atoms with Crippen molar-refractivity contribution in [3.63, 3.8) is 0 Å². The van der Waals surface area contributed by atoms with Crippen LogP contribution in [0.5, 0.6) is 11.5 Å². The summed E-state index contributed by atoms with van der Waals surface area (Å²) in [5.74, 6) is 0.517. The van der Waals surface area contributed by atoms with Gasteiger partial charge in [0.05, 0.1) is 25.6 Å². The lowest BCUT2D eigenvalue weighted by molar-refractivity contribution is -0.145. The molecule has 0 unspecified atom stereocenters. The lowest BCUT2D eigenvalue weighted by Gasteiger charge is -2.12. The predicted molar refractivity (Wildman–Crippen MR) is 92.8 cm³/mol. The Morgan fingerprint density at radius 1 is 1.17 bits per heavy atom. The van der Waals surface area contributed by atoms with Gasteiger partial charge < -0.3 is 14.2 Å². The second kappa shape index (κ2) is 9.19. The highest BCUT2D eigenvalue weighted by Gasteiger charge is 2.12. The zero-order valence-electron chi connectivity index (χ0n) is 13.7. The van der Waals surface area contributed by atoms with E-state index in [0.717, 1.165) is 5.69 Å². The Labute approximate surface area is 141 Å². The van der Waals surface area contributed by atoms with Crippen molar-refractivity contribution in [1.29, 1.82) is 0 Å². The Kier molecular flexibility index (Phi) is 6.64. The molecular weight excluding hydrogens is 308 g/mol. The van der Waals surface area contributed by atoms with Crippen molar-refractivity contribution in [1.82, 2.24) is 0 Å². The van der Waals surface area contributed by atoms with Crippen LogP contribution in [0.25, 0.3) is 0 Å². The first-order valence-corrected chi connectivity index (χ1v) is 7.54. The Bertz CT molecular complexity index is 687. The van der Waals surface area contributed by atoms with Gasteiger partial charge in [0.15, 0.2) is 18.1 Å². The summed E-state index contributed by atoms with van der Waals surface area (Å²) in [6.07, 6.45) is 1.61. The number of hydrogen-bond acceptors (Lipinski definition) is 6. The number of hydrazone groups is 1. The van der Waals surface area contributed by atoms with Crippen molar-refractivity contribution in [3.05, 3.63) is 54.1 Å². The maximum absolute atomic E-state index is 11.5.